The molecular weight excluding hydrogens is 306 g/mol. The molecule has 0 radical (unpaired) electrons. The van der Waals surface area contributed by atoms with E-state index in [1.165, 1.54) is 5.56 Å². The zero-order chi connectivity index (χ0) is 16.6. The highest BCUT2D eigenvalue weighted by molar-refractivity contribution is 5.79. The maximum Gasteiger partial charge on any atom is 0.409 e. The fourth-order valence-electron chi connectivity index (χ4n) is 3.26. The van der Waals surface area contributed by atoms with Crippen molar-refractivity contribution < 1.29 is 4.57 Å². The number of nitrogens with zero attached hydrogens (tertiary/aromatic N) is 3. The molecule has 5 rings (SSSR count). The number of rotatable bonds is 2. The number of hydrogen-bond donors (Lipinski definition) is 0. The lowest BCUT2D eigenvalue weighted by atomic mass is 10.1. The van der Waals surface area contributed by atoms with Crippen LogP contribution in [-0.4, -0.2) is 9.38 Å². The van der Waals surface area contributed by atoms with Crippen LogP contribution in [0.2, 0.25) is 0 Å². The van der Waals surface area contributed by atoms with Gasteiger partial charge in [0, 0.05) is 5.56 Å². The molecule has 0 spiro atoms. The smallest absolute Gasteiger partial charge is 0.201 e. The summed E-state index contributed by atoms with van der Waals surface area (Å²) in [5.41, 5.74) is 5.55. The quantitative estimate of drug-likeness (QED) is 0.440. The molecule has 0 bridgehead atoms. The second kappa shape index (κ2) is 5.56. The van der Waals surface area contributed by atoms with Gasteiger partial charge in [-0.2, -0.15) is 4.40 Å². The van der Waals surface area contributed by atoms with Crippen LogP contribution in [0.1, 0.15) is 0 Å². The predicted octanol–water partition coefficient (Wildman–Crippen LogP) is 4.43. The first-order valence-electron chi connectivity index (χ1n) is 8.33. The summed E-state index contributed by atoms with van der Waals surface area (Å²) in [7, 11) is 0. The van der Waals surface area contributed by atoms with Crippen LogP contribution in [0.25, 0.3) is 33.6 Å². The van der Waals surface area contributed by atoms with Crippen LogP contribution in [0.5, 0.6) is 0 Å². The summed E-state index contributed by atoms with van der Waals surface area (Å²) < 4.78 is 4.33. The fraction of sp³-hybridized carbons (Fsp3) is 0. The molecule has 0 aliphatic carbocycles. The molecule has 0 aliphatic heterocycles. The Labute approximate surface area is 145 Å². The van der Waals surface area contributed by atoms with E-state index in [4.69, 9.17) is 4.98 Å². The van der Waals surface area contributed by atoms with E-state index in [1.807, 2.05) is 18.2 Å². The number of imidazole rings is 1. The normalized spacial score (nSPS) is 11.2. The second-order valence-electron chi connectivity index (χ2n) is 6.06. The Morgan fingerprint density at radius 1 is 0.680 bits per heavy atom. The first kappa shape index (κ1) is 13.9. The summed E-state index contributed by atoms with van der Waals surface area (Å²) in [6.45, 7) is 0. The van der Waals surface area contributed by atoms with Gasteiger partial charge in [-0.15, -0.1) is 0 Å². The van der Waals surface area contributed by atoms with Gasteiger partial charge in [0.2, 0.25) is 0 Å². The third-order valence-corrected chi connectivity index (χ3v) is 4.47. The molecule has 3 nitrogen and oxygen atoms in total. The van der Waals surface area contributed by atoms with Crippen molar-refractivity contribution in [3.8, 4) is 16.8 Å². The Morgan fingerprint density at radius 3 is 2.16 bits per heavy atom. The average Bonchev–Trinajstić information content (AvgIpc) is 3.07. The Kier molecular flexibility index (Phi) is 3.10. The third kappa shape index (κ3) is 2.29. The maximum absolute atomic E-state index is 4.85. The molecule has 25 heavy (non-hydrogen) atoms. The molecule has 2 aromatic heterocycles. The number of aromatic nitrogens is 3. The van der Waals surface area contributed by atoms with Gasteiger partial charge in [-0.1, -0.05) is 65.6 Å². The molecule has 2 heterocycles. The van der Waals surface area contributed by atoms with Gasteiger partial charge < -0.3 is 0 Å². The van der Waals surface area contributed by atoms with Crippen LogP contribution in [-0.2, 0) is 0 Å². The van der Waals surface area contributed by atoms with E-state index in [1.54, 1.807) is 0 Å². The zero-order valence-corrected chi connectivity index (χ0v) is 13.6. The first-order chi connectivity index (χ1) is 12.4. The Hall–Kier alpha value is -3.46. The molecule has 0 amide bonds. The summed E-state index contributed by atoms with van der Waals surface area (Å²) in [6.07, 6.45) is 4.32. The van der Waals surface area contributed by atoms with E-state index in [2.05, 4.69) is 88.1 Å². The van der Waals surface area contributed by atoms with E-state index in [0.717, 1.165) is 28.1 Å². The van der Waals surface area contributed by atoms with Crippen LogP contribution in [0.3, 0.4) is 0 Å². The van der Waals surface area contributed by atoms with Crippen molar-refractivity contribution in [1.29, 1.82) is 0 Å². The van der Waals surface area contributed by atoms with Crippen LogP contribution in [0.15, 0.2) is 97.3 Å². The van der Waals surface area contributed by atoms with Crippen molar-refractivity contribution in [2.45, 2.75) is 0 Å². The van der Waals surface area contributed by atoms with Crippen molar-refractivity contribution in [2.24, 2.45) is 0 Å². The maximum atomic E-state index is 4.85. The number of fused-ring (bicyclic) bond motifs is 3. The average molecular weight is 322 g/mol. The van der Waals surface area contributed by atoms with Crippen LogP contribution in [0.4, 0.5) is 0 Å². The molecular formula is C22H16N3+. The molecule has 0 aliphatic rings. The third-order valence-electron chi connectivity index (χ3n) is 4.47. The summed E-state index contributed by atoms with van der Waals surface area (Å²) in [4.78, 5) is 4.85. The van der Waals surface area contributed by atoms with Crippen LogP contribution >= 0.6 is 0 Å². The Morgan fingerprint density at radius 2 is 1.36 bits per heavy atom. The molecule has 3 aromatic carbocycles. The predicted molar refractivity (Wildman–Crippen MR) is 99.7 cm³/mol. The van der Waals surface area contributed by atoms with Gasteiger partial charge in [-0.3, -0.25) is 0 Å². The van der Waals surface area contributed by atoms with Gasteiger partial charge in [-0.05, 0) is 29.8 Å². The van der Waals surface area contributed by atoms with Crippen molar-refractivity contribution in [3.63, 3.8) is 0 Å². The first-order valence-corrected chi connectivity index (χ1v) is 8.33. The molecule has 0 unspecified atom stereocenters. The minimum atomic E-state index is 0.909. The van der Waals surface area contributed by atoms with Crippen molar-refractivity contribution in [1.82, 2.24) is 9.38 Å². The molecule has 0 saturated heterocycles. The standard InChI is InChI=1S/C22H16N3/c1-3-9-17(10-4-1)18-15-24(19-11-5-2-6-12-19)22-23-20-13-7-8-14-21(20)25(22)16-18/h1-16H/q+1. The van der Waals surface area contributed by atoms with Crippen molar-refractivity contribution in [3.05, 3.63) is 97.3 Å². The zero-order valence-electron chi connectivity index (χ0n) is 13.6. The molecule has 5 aromatic rings. The SMILES string of the molecule is c1ccc(-c2cn3c4ccccc4nc3[n+](-c3ccccc3)c2)cc1. The summed E-state index contributed by atoms with van der Waals surface area (Å²) in [6, 6.07) is 29.0. The van der Waals surface area contributed by atoms with Crippen LogP contribution < -0.4 is 4.57 Å². The Balaban J connectivity index is 1.90. The summed E-state index contributed by atoms with van der Waals surface area (Å²) in [5.74, 6) is 0.909. The van der Waals surface area contributed by atoms with E-state index in [9.17, 15) is 0 Å². The van der Waals surface area contributed by atoms with E-state index < -0.39 is 0 Å². The van der Waals surface area contributed by atoms with E-state index in [0.29, 0.717) is 0 Å². The van der Waals surface area contributed by atoms with Gasteiger partial charge in [0.25, 0.3) is 0 Å². The van der Waals surface area contributed by atoms with Gasteiger partial charge >= 0.3 is 5.78 Å². The highest BCUT2D eigenvalue weighted by Crippen LogP contribution is 2.21. The molecule has 0 atom stereocenters. The monoisotopic (exact) mass is 322 g/mol. The lowest BCUT2D eigenvalue weighted by Gasteiger charge is -2.06. The van der Waals surface area contributed by atoms with Gasteiger partial charge in [0.05, 0.1) is 12.4 Å². The summed E-state index contributed by atoms with van der Waals surface area (Å²) in [5, 5.41) is 0. The number of benzene rings is 3. The minimum absolute atomic E-state index is 0.909. The summed E-state index contributed by atoms with van der Waals surface area (Å²) >= 11 is 0. The lowest BCUT2D eigenvalue weighted by Crippen LogP contribution is -2.33. The molecule has 118 valence electrons. The lowest BCUT2D eigenvalue weighted by molar-refractivity contribution is -0.572. The minimum Gasteiger partial charge on any atom is -0.201 e. The molecule has 0 fully saturated rings. The highest BCUT2D eigenvalue weighted by atomic mass is 15.2. The van der Waals surface area contributed by atoms with Crippen molar-refractivity contribution >= 4 is 16.8 Å². The largest absolute Gasteiger partial charge is 0.409 e. The van der Waals surface area contributed by atoms with E-state index in [-0.39, 0.29) is 0 Å². The molecule has 3 heteroatoms. The molecule has 0 N–H and O–H groups in total. The topological polar surface area (TPSA) is 21.2 Å². The number of hydrogen-bond acceptors (Lipinski definition) is 1. The van der Waals surface area contributed by atoms with Gasteiger partial charge in [0.1, 0.15) is 11.2 Å². The Bertz CT molecular complexity index is 1180. The fourth-order valence-corrected chi connectivity index (χ4v) is 3.26. The van der Waals surface area contributed by atoms with Crippen molar-refractivity contribution in [2.75, 3.05) is 0 Å². The van der Waals surface area contributed by atoms with Gasteiger partial charge in [0.15, 0.2) is 5.52 Å². The highest BCUT2D eigenvalue weighted by Gasteiger charge is 2.19. The molecule has 0 saturated carbocycles. The number of para-hydroxylation sites is 3. The second-order valence-corrected chi connectivity index (χ2v) is 6.06. The van der Waals surface area contributed by atoms with Crippen LogP contribution in [0, 0.1) is 0 Å². The van der Waals surface area contributed by atoms with E-state index >= 15 is 0 Å². The van der Waals surface area contributed by atoms with Gasteiger partial charge in [-0.25, -0.2) is 4.57 Å².